The first-order chi connectivity index (χ1) is 8.29. The van der Waals surface area contributed by atoms with E-state index in [1.807, 2.05) is 0 Å². The van der Waals surface area contributed by atoms with Crippen molar-refractivity contribution in [1.29, 1.82) is 0 Å². The molecule has 0 spiro atoms. The Morgan fingerprint density at radius 3 is 2.88 bits per heavy atom. The molecule has 0 bridgehead atoms. The van der Waals surface area contributed by atoms with Gasteiger partial charge in [-0.25, -0.2) is 0 Å². The van der Waals surface area contributed by atoms with Crippen molar-refractivity contribution < 1.29 is 0 Å². The molecule has 0 aromatic heterocycles. The topological polar surface area (TPSA) is 24.1 Å². The van der Waals surface area contributed by atoms with Gasteiger partial charge in [0.05, 0.1) is 0 Å². The van der Waals surface area contributed by atoms with Gasteiger partial charge in [-0.05, 0) is 49.0 Å². The second-order valence-electron chi connectivity index (χ2n) is 4.61. The van der Waals surface area contributed by atoms with Crippen LogP contribution in [0.4, 0.5) is 0 Å². The molecule has 3 heteroatoms. The van der Waals surface area contributed by atoms with Gasteiger partial charge in [-0.2, -0.15) is 0 Å². The number of benzene rings is 1. The molecule has 1 aliphatic carbocycles. The third kappa shape index (κ3) is 3.43. The average molecular weight is 248 g/mol. The van der Waals surface area contributed by atoms with E-state index in [1.165, 1.54) is 17.5 Å². The summed E-state index contributed by atoms with van der Waals surface area (Å²) in [4.78, 5) is 0. The quantitative estimate of drug-likeness (QED) is 0.803. The lowest BCUT2D eigenvalue weighted by Gasteiger charge is -2.26. The number of rotatable bonds is 3. The number of hydrogen-bond acceptors (Lipinski definition) is 1. The van der Waals surface area contributed by atoms with Crippen molar-refractivity contribution in [2.45, 2.75) is 38.6 Å². The molecule has 0 radical (unpaired) electrons. The van der Waals surface area contributed by atoms with Gasteiger partial charge < -0.3 is 10.6 Å². The molecule has 0 aliphatic heterocycles. The summed E-state index contributed by atoms with van der Waals surface area (Å²) in [6.07, 6.45) is 4.52. The van der Waals surface area contributed by atoms with Crippen LogP contribution in [0.25, 0.3) is 0 Å². The molecular formula is C14H20N2S. The zero-order chi connectivity index (χ0) is 12.1. The average Bonchev–Trinajstić information content (AvgIpc) is 2.36. The maximum Gasteiger partial charge on any atom is 0.166 e. The van der Waals surface area contributed by atoms with Crippen molar-refractivity contribution in [3.8, 4) is 0 Å². The van der Waals surface area contributed by atoms with E-state index in [2.05, 4.69) is 41.8 Å². The minimum absolute atomic E-state index is 0.488. The van der Waals surface area contributed by atoms with Gasteiger partial charge in [-0.15, -0.1) is 0 Å². The Labute approximate surface area is 109 Å². The summed E-state index contributed by atoms with van der Waals surface area (Å²) in [5.41, 5.74) is 2.97. The zero-order valence-electron chi connectivity index (χ0n) is 10.3. The number of aryl methyl sites for hydroxylation is 1. The molecule has 0 saturated carbocycles. The van der Waals surface area contributed by atoms with Crippen LogP contribution in [0, 0.1) is 0 Å². The van der Waals surface area contributed by atoms with Crippen LogP contribution in [-0.2, 0) is 12.8 Å². The zero-order valence-corrected chi connectivity index (χ0v) is 11.1. The van der Waals surface area contributed by atoms with E-state index in [-0.39, 0.29) is 0 Å². The predicted molar refractivity (Wildman–Crippen MR) is 76.3 cm³/mol. The fraction of sp³-hybridized carbons (Fsp3) is 0.500. The van der Waals surface area contributed by atoms with Crippen LogP contribution in [0.1, 0.15) is 30.9 Å². The summed E-state index contributed by atoms with van der Waals surface area (Å²) in [6, 6.07) is 9.20. The first kappa shape index (κ1) is 12.4. The largest absolute Gasteiger partial charge is 0.363 e. The summed E-state index contributed by atoms with van der Waals surface area (Å²) < 4.78 is 0. The van der Waals surface area contributed by atoms with Crippen molar-refractivity contribution >= 4 is 17.3 Å². The van der Waals surface area contributed by atoms with E-state index in [1.54, 1.807) is 0 Å². The Balaban J connectivity index is 1.88. The summed E-state index contributed by atoms with van der Waals surface area (Å²) >= 11 is 5.28. The Morgan fingerprint density at radius 1 is 1.35 bits per heavy atom. The highest BCUT2D eigenvalue weighted by Gasteiger charge is 2.18. The molecule has 2 rings (SSSR count). The maximum atomic E-state index is 5.28. The van der Waals surface area contributed by atoms with Gasteiger partial charge in [0.25, 0.3) is 0 Å². The van der Waals surface area contributed by atoms with Crippen molar-refractivity contribution in [3.05, 3.63) is 35.4 Å². The van der Waals surface area contributed by atoms with Gasteiger partial charge in [-0.1, -0.05) is 31.2 Å². The van der Waals surface area contributed by atoms with E-state index in [4.69, 9.17) is 12.2 Å². The molecule has 0 heterocycles. The van der Waals surface area contributed by atoms with E-state index in [0.29, 0.717) is 6.04 Å². The van der Waals surface area contributed by atoms with Gasteiger partial charge in [-0.3, -0.25) is 0 Å². The monoisotopic (exact) mass is 248 g/mol. The lowest BCUT2D eigenvalue weighted by molar-refractivity contribution is 0.524. The summed E-state index contributed by atoms with van der Waals surface area (Å²) in [7, 11) is 0. The van der Waals surface area contributed by atoms with Crippen LogP contribution in [0.2, 0.25) is 0 Å². The number of nitrogens with one attached hydrogen (secondary N) is 2. The third-order valence-corrected chi connectivity index (χ3v) is 3.48. The normalized spacial score (nSPS) is 18.3. The standard InChI is InChI=1S/C14H20N2S/c1-2-9-15-14(17)16-13-8-7-11-5-3-4-6-12(11)10-13/h3-6,13H,2,7-10H2,1H3,(H2,15,16,17). The second kappa shape index (κ2) is 6.01. The van der Waals surface area contributed by atoms with Gasteiger partial charge in [0.1, 0.15) is 0 Å². The Bertz CT molecular complexity index is 390. The maximum absolute atomic E-state index is 5.28. The van der Waals surface area contributed by atoms with E-state index >= 15 is 0 Å². The van der Waals surface area contributed by atoms with Crippen molar-refractivity contribution in [1.82, 2.24) is 10.6 Å². The molecule has 1 unspecified atom stereocenters. The highest BCUT2D eigenvalue weighted by atomic mass is 32.1. The fourth-order valence-corrected chi connectivity index (χ4v) is 2.56. The van der Waals surface area contributed by atoms with Crippen molar-refractivity contribution in [3.63, 3.8) is 0 Å². The highest BCUT2D eigenvalue weighted by molar-refractivity contribution is 7.80. The molecule has 0 saturated heterocycles. The molecule has 2 N–H and O–H groups in total. The van der Waals surface area contributed by atoms with E-state index < -0.39 is 0 Å². The molecule has 17 heavy (non-hydrogen) atoms. The molecule has 92 valence electrons. The SMILES string of the molecule is CCCNC(=S)NC1CCc2ccccc2C1. The first-order valence-corrected chi connectivity index (χ1v) is 6.81. The van der Waals surface area contributed by atoms with Crippen LogP contribution < -0.4 is 10.6 Å². The van der Waals surface area contributed by atoms with Crippen LogP contribution >= 0.6 is 12.2 Å². The molecule has 1 aromatic rings. The van der Waals surface area contributed by atoms with Crippen LogP contribution in [0.5, 0.6) is 0 Å². The summed E-state index contributed by atoms with van der Waals surface area (Å²) in [5.74, 6) is 0. The van der Waals surface area contributed by atoms with Gasteiger partial charge in [0, 0.05) is 12.6 Å². The van der Waals surface area contributed by atoms with Gasteiger partial charge in [0.2, 0.25) is 0 Å². The van der Waals surface area contributed by atoms with Crippen LogP contribution in [-0.4, -0.2) is 17.7 Å². The summed E-state index contributed by atoms with van der Waals surface area (Å²) in [5, 5.41) is 7.44. The lowest BCUT2D eigenvalue weighted by Crippen LogP contribution is -2.44. The molecular weight excluding hydrogens is 228 g/mol. The third-order valence-electron chi connectivity index (χ3n) is 3.22. The molecule has 1 aromatic carbocycles. The fourth-order valence-electron chi connectivity index (χ4n) is 2.30. The van der Waals surface area contributed by atoms with Gasteiger partial charge >= 0.3 is 0 Å². The molecule has 2 nitrogen and oxygen atoms in total. The number of hydrogen-bond donors (Lipinski definition) is 2. The van der Waals surface area contributed by atoms with Gasteiger partial charge in [0.15, 0.2) is 5.11 Å². The summed E-state index contributed by atoms with van der Waals surface area (Å²) in [6.45, 7) is 3.10. The van der Waals surface area contributed by atoms with Crippen molar-refractivity contribution in [2.24, 2.45) is 0 Å². The Hall–Kier alpha value is -1.09. The predicted octanol–water partition coefficient (Wildman–Crippen LogP) is 2.42. The van der Waals surface area contributed by atoms with E-state index in [0.717, 1.165) is 30.9 Å². The van der Waals surface area contributed by atoms with Crippen LogP contribution in [0.15, 0.2) is 24.3 Å². The minimum Gasteiger partial charge on any atom is -0.363 e. The smallest absolute Gasteiger partial charge is 0.166 e. The first-order valence-electron chi connectivity index (χ1n) is 6.40. The second-order valence-corrected chi connectivity index (χ2v) is 5.02. The van der Waals surface area contributed by atoms with Crippen molar-refractivity contribution in [2.75, 3.05) is 6.54 Å². The highest BCUT2D eigenvalue weighted by Crippen LogP contribution is 2.20. The Kier molecular flexibility index (Phi) is 4.37. The number of fused-ring (bicyclic) bond motifs is 1. The Morgan fingerprint density at radius 2 is 2.12 bits per heavy atom. The molecule has 1 aliphatic rings. The molecule has 0 fully saturated rings. The minimum atomic E-state index is 0.488. The number of thiocarbonyl (C=S) groups is 1. The van der Waals surface area contributed by atoms with Crippen LogP contribution in [0.3, 0.4) is 0 Å². The molecule has 1 atom stereocenters. The molecule has 0 amide bonds. The lowest BCUT2D eigenvalue weighted by atomic mass is 9.88. The van der Waals surface area contributed by atoms with E-state index in [9.17, 15) is 0 Å².